The summed E-state index contributed by atoms with van der Waals surface area (Å²) in [6, 6.07) is 14.8. The van der Waals surface area contributed by atoms with Crippen LogP contribution in [0, 0.1) is 5.92 Å². The molecule has 5 heteroatoms. The van der Waals surface area contributed by atoms with Crippen LogP contribution in [0.1, 0.15) is 49.5 Å². The van der Waals surface area contributed by atoms with E-state index in [2.05, 4.69) is 26.1 Å². The van der Waals surface area contributed by atoms with E-state index in [9.17, 15) is 9.59 Å². The summed E-state index contributed by atoms with van der Waals surface area (Å²) in [4.78, 5) is 27.5. The quantitative estimate of drug-likeness (QED) is 0.779. The fraction of sp³-hybridized carbons (Fsp3) is 0.391. The van der Waals surface area contributed by atoms with Gasteiger partial charge in [-0.2, -0.15) is 0 Å². The van der Waals surface area contributed by atoms with Gasteiger partial charge in [0.25, 0.3) is 5.91 Å². The zero-order chi connectivity index (χ0) is 20.3. The smallest absolute Gasteiger partial charge is 0.253 e. The molecule has 1 aliphatic heterocycles. The summed E-state index contributed by atoms with van der Waals surface area (Å²) in [6.07, 6.45) is 1.60. The molecular formula is C23H27ClN2O2. The molecule has 0 saturated carbocycles. The number of rotatable bonds is 3. The largest absolute Gasteiger partial charge is 0.338 e. The molecule has 1 unspecified atom stereocenters. The van der Waals surface area contributed by atoms with E-state index in [1.807, 2.05) is 24.3 Å². The zero-order valence-electron chi connectivity index (χ0n) is 16.7. The summed E-state index contributed by atoms with van der Waals surface area (Å²) in [5.74, 6) is -0.285. The van der Waals surface area contributed by atoms with Gasteiger partial charge in [0.15, 0.2) is 0 Å². The van der Waals surface area contributed by atoms with Crippen LogP contribution in [-0.4, -0.2) is 29.8 Å². The average Bonchev–Trinajstić information content (AvgIpc) is 2.68. The molecule has 3 rings (SSSR count). The molecule has 1 fully saturated rings. The van der Waals surface area contributed by atoms with E-state index in [0.717, 1.165) is 24.1 Å². The van der Waals surface area contributed by atoms with Crippen LogP contribution in [0.2, 0.25) is 5.02 Å². The molecule has 148 valence electrons. The number of piperidine rings is 1. The van der Waals surface area contributed by atoms with Crippen molar-refractivity contribution in [3.8, 4) is 0 Å². The highest BCUT2D eigenvalue weighted by atomic mass is 35.5. The van der Waals surface area contributed by atoms with E-state index in [1.54, 1.807) is 29.2 Å². The van der Waals surface area contributed by atoms with Gasteiger partial charge in [-0.1, -0.05) is 50.6 Å². The van der Waals surface area contributed by atoms with Gasteiger partial charge in [0.1, 0.15) is 0 Å². The van der Waals surface area contributed by atoms with Crippen LogP contribution in [0.3, 0.4) is 0 Å². The maximum atomic E-state index is 12.9. The number of benzene rings is 2. The lowest BCUT2D eigenvalue weighted by atomic mass is 9.85. The standard InChI is InChI=1S/C23H27ClN2O2/c1-23(2,3)19-8-4-5-9-20(19)25-21(27)17-7-6-14-26(15-17)22(28)16-10-12-18(24)13-11-16/h4-5,8-13,17H,6-7,14-15H2,1-3H3,(H,25,27). The number of anilines is 1. The molecule has 0 radical (unpaired) electrons. The number of carbonyl (C=O) groups is 2. The van der Waals surface area contributed by atoms with E-state index < -0.39 is 0 Å². The summed E-state index contributed by atoms with van der Waals surface area (Å²) in [6.45, 7) is 7.50. The van der Waals surface area contributed by atoms with Crippen LogP contribution < -0.4 is 5.32 Å². The number of halogens is 1. The van der Waals surface area contributed by atoms with Gasteiger partial charge in [0.05, 0.1) is 5.92 Å². The molecule has 0 bridgehead atoms. The van der Waals surface area contributed by atoms with Crippen LogP contribution in [-0.2, 0) is 10.2 Å². The molecule has 28 heavy (non-hydrogen) atoms. The van der Waals surface area contributed by atoms with Gasteiger partial charge < -0.3 is 10.2 Å². The lowest BCUT2D eigenvalue weighted by Gasteiger charge is -2.32. The minimum Gasteiger partial charge on any atom is -0.338 e. The van der Waals surface area contributed by atoms with Crippen molar-refractivity contribution < 1.29 is 9.59 Å². The molecule has 0 aromatic heterocycles. The summed E-state index contributed by atoms with van der Waals surface area (Å²) in [5, 5.41) is 3.70. The van der Waals surface area contributed by atoms with Crippen molar-refractivity contribution in [1.29, 1.82) is 0 Å². The molecular weight excluding hydrogens is 372 g/mol. The number of para-hydroxylation sites is 1. The van der Waals surface area contributed by atoms with Crippen LogP contribution in [0.4, 0.5) is 5.69 Å². The van der Waals surface area contributed by atoms with E-state index >= 15 is 0 Å². The second-order valence-corrected chi connectivity index (χ2v) is 8.82. The highest BCUT2D eigenvalue weighted by molar-refractivity contribution is 6.30. The summed E-state index contributed by atoms with van der Waals surface area (Å²) in [5.41, 5.74) is 2.49. The Hall–Kier alpha value is -2.33. The van der Waals surface area contributed by atoms with Crippen LogP contribution in [0.15, 0.2) is 48.5 Å². The Morgan fingerprint density at radius 1 is 1.07 bits per heavy atom. The summed E-state index contributed by atoms with van der Waals surface area (Å²) < 4.78 is 0. The highest BCUT2D eigenvalue weighted by Gasteiger charge is 2.30. The van der Waals surface area contributed by atoms with E-state index in [0.29, 0.717) is 23.7 Å². The predicted molar refractivity (Wildman–Crippen MR) is 114 cm³/mol. The van der Waals surface area contributed by atoms with Crippen LogP contribution >= 0.6 is 11.6 Å². The van der Waals surface area contributed by atoms with Crippen molar-refractivity contribution in [2.75, 3.05) is 18.4 Å². The third-order valence-electron chi connectivity index (χ3n) is 5.16. The van der Waals surface area contributed by atoms with Crippen molar-refractivity contribution in [2.24, 2.45) is 5.92 Å². The molecule has 1 N–H and O–H groups in total. The second-order valence-electron chi connectivity index (χ2n) is 8.38. The van der Waals surface area contributed by atoms with Crippen molar-refractivity contribution in [3.63, 3.8) is 0 Å². The SMILES string of the molecule is CC(C)(C)c1ccccc1NC(=O)C1CCCN(C(=O)c2ccc(Cl)cc2)C1. The van der Waals surface area contributed by atoms with Gasteiger partial charge >= 0.3 is 0 Å². The third kappa shape index (κ3) is 4.74. The van der Waals surface area contributed by atoms with Crippen molar-refractivity contribution in [3.05, 3.63) is 64.7 Å². The van der Waals surface area contributed by atoms with Gasteiger partial charge in [-0.25, -0.2) is 0 Å². The summed E-state index contributed by atoms with van der Waals surface area (Å²) in [7, 11) is 0. The molecule has 1 heterocycles. The van der Waals surface area contributed by atoms with Gasteiger partial charge in [-0.05, 0) is 54.2 Å². The van der Waals surface area contributed by atoms with Crippen molar-refractivity contribution in [1.82, 2.24) is 4.90 Å². The molecule has 1 aliphatic rings. The number of carbonyl (C=O) groups excluding carboxylic acids is 2. The maximum absolute atomic E-state index is 12.9. The maximum Gasteiger partial charge on any atom is 0.253 e. The average molecular weight is 399 g/mol. The van der Waals surface area contributed by atoms with Gasteiger partial charge in [-0.15, -0.1) is 0 Å². The Bertz CT molecular complexity index is 856. The van der Waals surface area contributed by atoms with E-state index in [1.165, 1.54) is 0 Å². The molecule has 1 saturated heterocycles. The number of likely N-dealkylation sites (tertiary alicyclic amines) is 1. The lowest BCUT2D eigenvalue weighted by Crippen LogP contribution is -2.43. The first-order valence-electron chi connectivity index (χ1n) is 9.71. The first kappa shape index (κ1) is 20.4. The van der Waals surface area contributed by atoms with Gasteiger partial charge in [0.2, 0.25) is 5.91 Å². The number of hydrogen-bond donors (Lipinski definition) is 1. The number of nitrogens with one attached hydrogen (secondary N) is 1. The fourth-order valence-electron chi connectivity index (χ4n) is 3.63. The minimum absolute atomic E-state index is 0.0229. The number of amides is 2. The molecule has 2 amide bonds. The van der Waals surface area contributed by atoms with Crippen molar-refractivity contribution in [2.45, 2.75) is 39.0 Å². The van der Waals surface area contributed by atoms with E-state index in [-0.39, 0.29) is 23.1 Å². The zero-order valence-corrected chi connectivity index (χ0v) is 17.4. The highest BCUT2D eigenvalue weighted by Crippen LogP contribution is 2.30. The van der Waals surface area contributed by atoms with Crippen LogP contribution in [0.25, 0.3) is 0 Å². The molecule has 0 spiro atoms. The Kier molecular flexibility index (Phi) is 6.09. The Morgan fingerprint density at radius 3 is 2.43 bits per heavy atom. The summed E-state index contributed by atoms with van der Waals surface area (Å²) >= 11 is 5.91. The topological polar surface area (TPSA) is 49.4 Å². The molecule has 2 aromatic carbocycles. The predicted octanol–water partition coefficient (Wildman–Crippen LogP) is 5.13. The van der Waals surface area contributed by atoms with E-state index in [4.69, 9.17) is 11.6 Å². The molecule has 0 aliphatic carbocycles. The number of nitrogens with zero attached hydrogens (tertiary/aromatic N) is 1. The fourth-order valence-corrected chi connectivity index (χ4v) is 3.76. The molecule has 1 atom stereocenters. The van der Waals surface area contributed by atoms with Gasteiger partial charge in [-0.3, -0.25) is 9.59 Å². The first-order chi connectivity index (χ1) is 13.3. The number of hydrogen-bond acceptors (Lipinski definition) is 2. The third-order valence-corrected chi connectivity index (χ3v) is 5.42. The Labute approximate surface area is 171 Å². The Morgan fingerprint density at radius 2 is 1.75 bits per heavy atom. The van der Waals surface area contributed by atoms with Gasteiger partial charge in [0, 0.05) is 29.4 Å². The molecule has 4 nitrogen and oxygen atoms in total. The van der Waals surface area contributed by atoms with Crippen molar-refractivity contribution >= 4 is 29.1 Å². The normalized spacial score (nSPS) is 17.3. The molecule has 2 aromatic rings. The Balaban J connectivity index is 1.70. The lowest BCUT2D eigenvalue weighted by molar-refractivity contribution is -0.121. The second kappa shape index (κ2) is 8.36. The van der Waals surface area contributed by atoms with Crippen LogP contribution in [0.5, 0.6) is 0 Å². The minimum atomic E-state index is -0.210. The monoisotopic (exact) mass is 398 g/mol. The first-order valence-corrected chi connectivity index (χ1v) is 10.1.